The lowest BCUT2D eigenvalue weighted by atomic mass is 10.00. The van der Waals surface area contributed by atoms with Crippen LogP contribution in [0.4, 0.5) is 40.6 Å². The van der Waals surface area contributed by atoms with Gasteiger partial charge in [-0.3, -0.25) is 4.79 Å². The number of aromatic nitrogens is 4. The summed E-state index contributed by atoms with van der Waals surface area (Å²) in [7, 11) is 9.78. The third-order valence-corrected chi connectivity index (χ3v) is 9.81. The first-order chi connectivity index (χ1) is 28.6. The Bertz CT molecular complexity index is 2590. The number of H-pyrrole nitrogens is 1. The highest BCUT2D eigenvalue weighted by molar-refractivity contribution is 6.22. The summed E-state index contributed by atoms with van der Waals surface area (Å²) in [6.45, 7) is 5.19. The maximum absolute atomic E-state index is 13.8. The molecular weight excluding hydrogens is 745 g/mol. The van der Waals surface area contributed by atoms with Crippen LogP contribution in [0.2, 0.25) is 0 Å². The Morgan fingerprint density at radius 1 is 0.797 bits per heavy atom. The van der Waals surface area contributed by atoms with Gasteiger partial charge in [-0.15, -0.1) is 5.11 Å². The summed E-state index contributed by atoms with van der Waals surface area (Å²) in [6.07, 6.45) is 1.87. The van der Waals surface area contributed by atoms with Crippen LogP contribution in [0.3, 0.4) is 0 Å². The molecule has 0 bridgehead atoms. The Kier molecular flexibility index (Phi) is 12.4. The number of benzene rings is 5. The van der Waals surface area contributed by atoms with Crippen LogP contribution in [0.5, 0.6) is 11.5 Å². The number of para-hydroxylation sites is 1. The summed E-state index contributed by atoms with van der Waals surface area (Å²) < 4.78 is 5.33. The highest BCUT2D eigenvalue weighted by Crippen LogP contribution is 2.44. The molecule has 6 N–H and O–H groups in total. The monoisotopic (exact) mass is 794 g/mol. The number of amides is 1. The summed E-state index contributed by atoms with van der Waals surface area (Å²) in [5, 5.41) is 37.3. The Morgan fingerprint density at radius 2 is 1.47 bits per heavy atom. The lowest BCUT2D eigenvalue weighted by molar-refractivity contribution is 0.102. The number of carbonyl (C=O) groups excluding carboxylic acids is 1. The van der Waals surface area contributed by atoms with E-state index in [1.165, 1.54) is 0 Å². The molecule has 1 amide bonds. The molecule has 2 aromatic heterocycles. The van der Waals surface area contributed by atoms with Gasteiger partial charge >= 0.3 is 0 Å². The molecule has 7 rings (SSSR count). The molecule has 7 aromatic rings. The SMILES string of the molecule is COc1ccc(NC(=O)c2cc3ccc4c5ccccc5[nH]c4c3c(N=Nc3ccc(Nc4nc(NCCCN(C)C)nc(NCCCN(C)C)n4)cc3)c2O)c(C)c1. The van der Waals surface area contributed by atoms with E-state index >= 15 is 0 Å². The molecule has 0 fully saturated rings. The topological polar surface area (TPSA) is 180 Å². The van der Waals surface area contributed by atoms with Gasteiger partial charge in [0.15, 0.2) is 5.75 Å². The minimum atomic E-state index is -0.488. The van der Waals surface area contributed by atoms with E-state index in [0.717, 1.165) is 59.0 Å². The predicted molar refractivity (Wildman–Crippen MR) is 238 cm³/mol. The number of fused-ring (bicyclic) bond motifs is 5. The van der Waals surface area contributed by atoms with Gasteiger partial charge in [-0.2, -0.15) is 20.1 Å². The summed E-state index contributed by atoms with van der Waals surface area (Å²) in [4.78, 5) is 35.4. The fraction of sp³-hybridized carbons (Fsp3) is 0.273. The van der Waals surface area contributed by atoms with E-state index in [2.05, 4.69) is 61.2 Å². The molecule has 0 aliphatic carbocycles. The molecule has 0 aliphatic rings. The zero-order chi connectivity index (χ0) is 41.5. The minimum absolute atomic E-state index is 0.0622. The summed E-state index contributed by atoms with van der Waals surface area (Å²) >= 11 is 0. The van der Waals surface area contributed by atoms with Gasteiger partial charge in [-0.25, -0.2) is 0 Å². The molecule has 0 radical (unpaired) electrons. The van der Waals surface area contributed by atoms with E-state index in [1.54, 1.807) is 37.4 Å². The first-order valence-corrected chi connectivity index (χ1v) is 19.5. The number of carbonyl (C=O) groups is 1. The summed E-state index contributed by atoms with van der Waals surface area (Å²) in [6, 6.07) is 26.3. The van der Waals surface area contributed by atoms with Crippen LogP contribution >= 0.6 is 0 Å². The van der Waals surface area contributed by atoms with Crippen molar-refractivity contribution in [3.05, 3.63) is 96.1 Å². The number of ether oxygens (including phenoxy) is 1. The van der Waals surface area contributed by atoms with E-state index in [4.69, 9.17) is 4.74 Å². The molecule has 2 heterocycles. The average Bonchev–Trinajstić information content (AvgIpc) is 3.60. The van der Waals surface area contributed by atoms with Crippen molar-refractivity contribution in [2.75, 3.05) is 82.7 Å². The van der Waals surface area contributed by atoms with Crippen molar-refractivity contribution in [2.45, 2.75) is 19.8 Å². The average molecular weight is 795 g/mol. The van der Waals surface area contributed by atoms with E-state index in [1.807, 2.05) is 89.7 Å². The van der Waals surface area contributed by atoms with Crippen molar-refractivity contribution in [3.63, 3.8) is 0 Å². The highest BCUT2D eigenvalue weighted by Gasteiger charge is 2.22. The number of phenols is 1. The summed E-state index contributed by atoms with van der Waals surface area (Å²) in [5.74, 6) is 1.24. The van der Waals surface area contributed by atoms with Crippen molar-refractivity contribution in [3.8, 4) is 11.5 Å². The highest BCUT2D eigenvalue weighted by atomic mass is 16.5. The molecule has 5 aromatic carbocycles. The normalized spacial score (nSPS) is 11.7. The van der Waals surface area contributed by atoms with Crippen LogP contribution in [0.25, 0.3) is 32.6 Å². The van der Waals surface area contributed by atoms with Crippen LogP contribution in [-0.4, -0.2) is 102 Å². The molecule has 0 atom stereocenters. The maximum Gasteiger partial charge on any atom is 0.259 e. The summed E-state index contributed by atoms with van der Waals surface area (Å²) in [5.41, 5.74) is 4.61. The fourth-order valence-corrected chi connectivity index (χ4v) is 6.77. The number of anilines is 5. The molecule has 0 spiro atoms. The predicted octanol–water partition coefficient (Wildman–Crippen LogP) is 8.82. The molecule has 0 aliphatic heterocycles. The number of rotatable bonds is 17. The minimum Gasteiger partial charge on any atom is -0.505 e. The Balaban J connectivity index is 1.18. The van der Waals surface area contributed by atoms with Crippen LogP contribution in [0.15, 0.2) is 95.2 Å². The van der Waals surface area contributed by atoms with Crippen molar-refractivity contribution in [2.24, 2.45) is 10.2 Å². The fourth-order valence-electron chi connectivity index (χ4n) is 6.77. The van der Waals surface area contributed by atoms with Gasteiger partial charge in [-0.1, -0.05) is 30.3 Å². The van der Waals surface area contributed by atoms with Gasteiger partial charge in [0.05, 0.1) is 23.9 Å². The molecule has 0 unspecified atom stereocenters. The smallest absolute Gasteiger partial charge is 0.259 e. The molecule has 15 nitrogen and oxygen atoms in total. The molecular formula is C44H50N12O3. The maximum atomic E-state index is 13.8. The number of phenolic OH excluding ortho intramolecular Hbond substituents is 1. The van der Waals surface area contributed by atoms with Crippen LogP contribution in [0, 0.1) is 6.92 Å². The zero-order valence-electron chi connectivity index (χ0n) is 34.2. The Hall–Kier alpha value is -6.84. The number of aryl methyl sites for hydroxylation is 1. The van der Waals surface area contributed by atoms with Crippen LogP contribution in [0.1, 0.15) is 28.8 Å². The van der Waals surface area contributed by atoms with Crippen molar-refractivity contribution in [1.29, 1.82) is 0 Å². The lowest BCUT2D eigenvalue weighted by Gasteiger charge is -2.14. The Labute approximate surface area is 342 Å². The quantitative estimate of drug-likeness (QED) is 0.0383. The van der Waals surface area contributed by atoms with Gasteiger partial charge in [0.25, 0.3) is 5.91 Å². The van der Waals surface area contributed by atoms with Gasteiger partial charge < -0.3 is 45.9 Å². The molecule has 59 heavy (non-hydrogen) atoms. The zero-order valence-corrected chi connectivity index (χ0v) is 34.2. The molecule has 15 heteroatoms. The number of hydrogen-bond acceptors (Lipinski definition) is 13. The largest absolute Gasteiger partial charge is 0.505 e. The van der Waals surface area contributed by atoms with Gasteiger partial charge in [0.1, 0.15) is 11.4 Å². The first-order valence-electron chi connectivity index (χ1n) is 19.5. The number of methoxy groups -OCH3 is 1. The number of aromatic hydroxyl groups is 1. The second-order valence-corrected chi connectivity index (χ2v) is 14.9. The first kappa shape index (κ1) is 40.4. The number of azo groups is 1. The number of nitrogens with zero attached hydrogens (tertiary/aromatic N) is 7. The van der Waals surface area contributed by atoms with Crippen LogP contribution in [-0.2, 0) is 0 Å². The molecule has 0 saturated carbocycles. The molecule has 304 valence electrons. The third kappa shape index (κ3) is 9.66. The second kappa shape index (κ2) is 18.2. The van der Waals surface area contributed by atoms with E-state index in [9.17, 15) is 9.90 Å². The number of aromatic amines is 1. The van der Waals surface area contributed by atoms with E-state index in [-0.39, 0.29) is 17.0 Å². The molecule has 0 saturated heterocycles. The number of hydrogen-bond donors (Lipinski definition) is 6. The van der Waals surface area contributed by atoms with Crippen LogP contribution < -0.4 is 26.0 Å². The standard InChI is InChI=1S/C44H50N12O3/c1-27-25-31(59-6)18-20-35(27)49-41(58)34-26-28-13-19-33-32-11-7-8-12-36(32)48-38(33)37(28)39(40(34)57)54-53-30-16-14-29(15-17-30)47-44-51-42(45-21-9-23-55(2)3)50-43(52-44)46-22-10-24-56(4)5/h7-8,11-20,25-26,48,57H,9-10,21-24H2,1-6H3,(H,49,58)(H3,45,46,47,50,51,52). The lowest BCUT2D eigenvalue weighted by Crippen LogP contribution is -2.19. The Morgan fingerprint density at radius 3 is 2.14 bits per heavy atom. The third-order valence-electron chi connectivity index (χ3n) is 9.81. The second-order valence-electron chi connectivity index (χ2n) is 14.9. The van der Waals surface area contributed by atoms with Crippen molar-refractivity contribution >= 4 is 79.1 Å². The van der Waals surface area contributed by atoms with Crippen molar-refractivity contribution in [1.82, 2.24) is 29.7 Å². The number of nitrogens with one attached hydrogen (secondary N) is 5. The van der Waals surface area contributed by atoms with Crippen molar-refractivity contribution < 1.29 is 14.6 Å². The van der Waals surface area contributed by atoms with Gasteiger partial charge in [0.2, 0.25) is 17.8 Å². The van der Waals surface area contributed by atoms with E-state index in [0.29, 0.717) is 58.8 Å². The van der Waals surface area contributed by atoms with Gasteiger partial charge in [0, 0.05) is 46.1 Å². The van der Waals surface area contributed by atoms with E-state index < -0.39 is 5.91 Å². The van der Waals surface area contributed by atoms with Gasteiger partial charge in [-0.05, 0) is 127 Å².